The van der Waals surface area contributed by atoms with Crippen LogP contribution < -0.4 is 21.6 Å². The molecule has 0 atom stereocenters. The molecule has 0 saturated carbocycles. The molecule has 0 bridgehead atoms. The fraction of sp³-hybridized carbons (Fsp3) is 0.200. The molecule has 0 aliphatic rings. The maximum absolute atomic E-state index is 11.6. The van der Waals surface area contributed by atoms with Crippen LogP contribution in [0.15, 0.2) is 22.3 Å². The fourth-order valence-electron chi connectivity index (χ4n) is 1.35. The van der Waals surface area contributed by atoms with Crippen LogP contribution in [0.25, 0.3) is 0 Å². The maximum atomic E-state index is 11.6. The monoisotopic (exact) mass is 281 g/mol. The topological polar surface area (TPSA) is 112 Å². The summed E-state index contributed by atoms with van der Waals surface area (Å²) in [4.78, 5) is 26.9. The van der Waals surface area contributed by atoms with Crippen LogP contribution in [-0.2, 0) is 6.54 Å². The summed E-state index contributed by atoms with van der Waals surface area (Å²) in [6.45, 7) is 0.157. The molecule has 100 valence electrons. The van der Waals surface area contributed by atoms with Crippen molar-refractivity contribution in [3.8, 4) is 5.88 Å². The summed E-state index contributed by atoms with van der Waals surface area (Å²) in [5, 5.41) is 5.88. The van der Waals surface area contributed by atoms with E-state index in [9.17, 15) is 9.59 Å². The molecule has 0 aliphatic carbocycles. The number of rotatable bonds is 4. The minimum Gasteiger partial charge on any atom is -0.480 e. The third-order valence-electron chi connectivity index (χ3n) is 2.24. The first-order valence-electron chi connectivity index (χ1n) is 5.21. The predicted molar refractivity (Wildman–Crippen MR) is 67.9 cm³/mol. The van der Waals surface area contributed by atoms with Crippen LogP contribution in [0.5, 0.6) is 5.88 Å². The molecule has 0 saturated heterocycles. The summed E-state index contributed by atoms with van der Waals surface area (Å²) in [7, 11) is 1.46. The molecule has 19 heavy (non-hydrogen) atoms. The Morgan fingerprint density at radius 2 is 2.37 bits per heavy atom. The lowest BCUT2D eigenvalue weighted by Gasteiger charge is -2.03. The first-order chi connectivity index (χ1) is 9.13. The summed E-state index contributed by atoms with van der Waals surface area (Å²) in [5.74, 6) is 4.87. The van der Waals surface area contributed by atoms with Gasteiger partial charge >= 0.3 is 0 Å². The number of carbonyl (C=O) groups is 1. The fourth-order valence-corrected chi connectivity index (χ4v) is 2.06. The number of hydrogen-bond donors (Lipinski definition) is 2. The molecular weight excluding hydrogens is 270 g/mol. The van der Waals surface area contributed by atoms with Gasteiger partial charge in [-0.2, -0.15) is 0 Å². The van der Waals surface area contributed by atoms with Crippen molar-refractivity contribution >= 4 is 17.2 Å². The summed E-state index contributed by atoms with van der Waals surface area (Å²) < 4.78 is 6.15. The number of ether oxygens (including phenoxy) is 1. The van der Waals surface area contributed by atoms with Crippen molar-refractivity contribution in [2.75, 3.05) is 7.11 Å². The number of hydrogen-bond acceptors (Lipinski definition) is 7. The Balaban J connectivity index is 2.23. The molecule has 2 rings (SSSR count). The Kier molecular flexibility index (Phi) is 3.88. The molecule has 0 spiro atoms. The molecule has 1 amide bonds. The number of amides is 1. The van der Waals surface area contributed by atoms with Crippen molar-refractivity contribution in [3.63, 3.8) is 0 Å². The van der Waals surface area contributed by atoms with E-state index in [0.29, 0.717) is 11.6 Å². The average molecular weight is 281 g/mol. The van der Waals surface area contributed by atoms with Gasteiger partial charge in [0.05, 0.1) is 19.3 Å². The zero-order valence-corrected chi connectivity index (χ0v) is 10.8. The lowest BCUT2D eigenvalue weighted by atomic mass is 10.4. The minimum atomic E-state index is -0.470. The van der Waals surface area contributed by atoms with Crippen LogP contribution in [0.2, 0.25) is 0 Å². The van der Waals surface area contributed by atoms with E-state index in [1.807, 2.05) is 5.43 Å². The standard InChI is InChI=1S/C10H11N5O3S/c1-18-7-2-3-8(16)15(14-7)4-6-5-19-10(12-6)9(17)13-11/h2-3,5H,4,11H2,1H3,(H,13,17). The molecule has 2 aromatic rings. The minimum absolute atomic E-state index is 0.157. The van der Waals surface area contributed by atoms with Gasteiger partial charge in [-0.15, -0.1) is 16.4 Å². The van der Waals surface area contributed by atoms with Gasteiger partial charge in [0, 0.05) is 17.5 Å². The molecule has 0 aromatic carbocycles. The Hall–Kier alpha value is -2.26. The van der Waals surface area contributed by atoms with E-state index in [2.05, 4.69) is 10.1 Å². The van der Waals surface area contributed by atoms with Gasteiger partial charge in [-0.05, 0) is 0 Å². The van der Waals surface area contributed by atoms with Gasteiger partial charge in [-0.1, -0.05) is 0 Å². The number of hydrazine groups is 1. The van der Waals surface area contributed by atoms with Crippen LogP contribution in [0.1, 0.15) is 15.5 Å². The van der Waals surface area contributed by atoms with Gasteiger partial charge in [0.1, 0.15) is 0 Å². The highest BCUT2D eigenvalue weighted by molar-refractivity contribution is 7.11. The second kappa shape index (κ2) is 5.59. The van der Waals surface area contributed by atoms with Crippen molar-refractivity contribution in [3.05, 3.63) is 38.6 Å². The summed E-state index contributed by atoms with van der Waals surface area (Å²) >= 11 is 1.14. The highest BCUT2D eigenvalue weighted by atomic mass is 32.1. The first-order valence-corrected chi connectivity index (χ1v) is 6.09. The lowest BCUT2D eigenvalue weighted by molar-refractivity contribution is 0.0953. The van der Waals surface area contributed by atoms with Crippen molar-refractivity contribution in [2.24, 2.45) is 5.84 Å². The predicted octanol–water partition coefficient (Wildman–Crippen LogP) is -0.640. The van der Waals surface area contributed by atoms with E-state index >= 15 is 0 Å². The first kappa shape index (κ1) is 13.2. The molecule has 0 unspecified atom stereocenters. The highest BCUT2D eigenvalue weighted by Gasteiger charge is 2.10. The smallest absolute Gasteiger partial charge is 0.294 e. The number of nitrogens with two attached hydrogens (primary N) is 1. The van der Waals surface area contributed by atoms with E-state index < -0.39 is 5.91 Å². The maximum Gasteiger partial charge on any atom is 0.294 e. The molecular formula is C10H11N5O3S. The molecule has 9 heteroatoms. The van der Waals surface area contributed by atoms with E-state index in [0.717, 1.165) is 11.3 Å². The van der Waals surface area contributed by atoms with Crippen molar-refractivity contribution < 1.29 is 9.53 Å². The van der Waals surface area contributed by atoms with Crippen LogP contribution in [-0.4, -0.2) is 27.8 Å². The van der Waals surface area contributed by atoms with Crippen LogP contribution in [0.3, 0.4) is 0 Å². The quantitative estimate of drug-likeness (QED) is 0.438. The third kappa shape index (κ3) is 2.95. The number of nitrogen functional groups attached to an aromatic ring is 1. The van der Waals surface area contributed by atoms with Gasteiger partial charge in [0.15, 0.2) is 5.01 Å². The third-order valence-corrected chi connectivity index (χ3v) is 3.13. The Morgan fingerprint density at radius 3 is 3.05 bits per heavy atom. The lowest BCUT2D eigenvalue weighted by Crippen LogP contribution is -2.30. The Bertz CT molecular complexity index is 651. The SMILES string of the molecule is COc1ccc(=O)n(Cc2csc(C(=O)NN)n2)n1. The normalized spacial score (nSPS) is 10.2. The second-order valence-corrected chi connectivity index (χ2v) is 4.35. The van der Waals surface area contributed by atoms with E-state index in [4.69, 9.17) is 10.6 Å². The van der Waals surface area contributed by atoms with Gasteiger partial charge < -0.3 is 4.74 Å². The Morgan fingerprint density at radius 1 is 1.58 bits per heavy atom. The van der Waals surface area contributed by atoms with Crippen LogP contribution >= 0.6 is 11.3 Å². The molecule has 2 aromatic heterocycles. The molecule has 8 nitrogen and oxygen atoms in total. The second-order valence-electron chi connectivity index (χ2n) is 3.49. The molecule has 0 aliphatic heterocycles. The molecule has 2 heterocycles. The van der Waals surface area contributed by atoms with E-state index in [1.165, 1.54) is 23.9 Å². The van der Waals surface area contributed by atoms with Gasteiger partial charge in [0.2, 0.25) is 5.88 Å². The van der Waals surface area contributed by atoms with Crippen molar-refractivity contribution in [2.45, 2.75) is 6.54 Å². The van der Waals surface area contributed by atoms with Crippen LogP contribution in [0.4, 0.5) is 0 Å². The van der Waals surface area contributed by atoms with Gasteiger partial charge in [0.25, 0.3) is 11.5 Å². The van der Waals surface area contributed by atoms with Gasteiger partial charge in [-0.3, -0.25) is 15.0 Å². The Labute approximate surface area is 111 Å². The highest BCUT2D eigenvalue weighted by Crippen LogP contribution is 2.10. The van der Waals surface area contributed by atoms with E-state index in [-0.39, 0.29) is 17.1 Å². The van der Waals surface area contributed by atoms with Crippen molar-refractivity contribution in [1.29, 1.82) is 0 Å². The van der Waals surface area contributed by atoms with Crippen molar-refractivity contribution in [1.82, 2.24) is 20.2 Å². The number of nitrogens with zero attached hydrogens (tertiary/aromatic N) is 3. The number of methoxy groups -OCH3 is 1. The summed E-state index contributed by atoms with van der Waals surface area (Å²) in [6.07, 6.45) is 0. The van der Waals surface area contributed by atoms with Crippen LogP contribution in [0, 0.1) is 0 Å². The molecule has 0 fully saturated rings. The molecule has 3 N–H and O–H groups in total. The number of carbonyl (C=O) groups excluding carboxylic acids is 1. The van der Waals surface area contributed by atoms with E-state index in [1.54, 1.807) is 5.38 Å². The largest absolute Gasteiger partial charge is 0.480 e. The zero-order valence-electron chi connectivity index (χ0n) is 9.99. The zero-order chi connectivity index (χ0) is 13.8. The van der Waals surface area contributed by atoms with Gasteiger partial charge in [-0.25, -0.2) is 15.5 Å². The average Bonchev–Trinajstić information content (AvgIpc) is 2.89. The number of nitrogens with one attached hydrogen (secondary N) is 1. The number of aromatic nitrogens is 3. The number of thiazole rings is 1. The summed E-state index contributed by atoms with van der Waals surface area (Å²) in [5.41, 5.74) is 2.26. The molecule has 0 radical (unpaired) electrons. The summed E-state index contributed by atoms with van der Waals surface area (Å²) in [6, 6.07) is 2.83.